The molecule has 0 heteroatoms. The molecule has 0 nitrogen and oxygen atoms in total. The van der Waals surface area contributed by atoms with E-state index in [9.17, 15) is 0 Å². The third kappa shape index (κ3) is 2.88. The van der Waals surface area contributed by atoms with Crippen molar-refractivity contribution in [1.29, 1.82) is 0 Å². The average Bonchev–Trinajstić information content (AvgIpc) is 3.70. The zero-order valence-electron chi connectivity index (χ0n) is 24.5. The Labute approximate surface area is 219 Å². The molecule has 0 aromatic carbocycles. The molecule has 0 heterocycles. The molecule has 6 saturated carbocycles. The lowest BCUT2D eigenvalue weighted by Crippen LogP contribution is -2.56. The minimum Gasteiger partial charge on any atom is -0.0583 e. The van der Waals surface area contributed by atoms with Crippen LogP contribution < -0.4 is 0 Å². The second kappa shape index (κ2) is 8.76. The smallest absolute Gasteiger partial charge is 0.0173 e. The van der Waals surface area contributed by atoms with Gasteiger partial charge in [0.15, 0.2) is 0 Å². The minimum absolute atomic E-state index is 0.495. The molecule has 6 aliphatic rings. The van der Waals surface area contributed by atoms with Crippen molar-refractivity contribution in [3.8, 4) is 0 Å². The predicted molar refractivity (Wildman–Crippen MR) is 150 cm³/mol. The third-order valence-electron chi connectivity index (χ3n) is 16.3. The Hall–Kier alpha value is 0. The van der Waals surface area contributed by atoms with E-state index in [0.29, 0.717) is 27.1 Å². The lowest BCUT2D eigenvalue weighted by Gasteiger charge is -2.61. The number of hydrogen-bond donors (Lipinski definition) is 0. The van der Waals surface area contributed by atoms with Gasteiger partial charge in [0.1, 0.15) is 0 Å². The largest absolute Gasteiger partial charge is 0.0583 e. The van der Waals surface area contributed by atoms with Gasteiger partial charge in [-0.3, -0.25) is 0 Å². The Bertz CT molecular complexity index is 582. The molecule has 0 aromatic rings. The molecule has 6 fully saturated rings. The van der Waals surface area contributed by atoms with E-state index < -0.39 is 0 Å². The van der Waals surface area contributed by atoms with E-state index in [-0.39, 0.29) is 0 Å². The highest BCUT2D eigenvalue weighted by molar-refractivity contribution is 5.32. The fourth-order valence-corrected chi connectivity index (χ4v) is 14.5. The molecule has 0 atom stereocenters. The first-order valence-electron chi connectivity index (χ1n) is 16.8. The highest BCUT2D eigenvalue weighted by atomic mass is 14.9. The molecule has 0 radical (unpaired) electrons. The maximum atomic E-state index is 2.99. The van der Waals surface area contributed by atoms with Gasteiger partial charge in [0.2, 0.25) is 0 Å². The van der Waals surface area contributed by atoms with Crippen LogP contribution in [0.5, 0.6) is 0 Å². The summed E-state index contributed by atoms with van der Waals surface area (Å²) >= 11 is 0. The van der Waals surface area contributed by atoms with Crippen molar-refractivity contribution in [1.82, 2.24) is 0 Å². The first-order chi connectivity index (χ1) is 16.8. The zero-order valence-corrected chi connectivity index (χ0v) is 24.5. The summed E-state index contributed by atoms with van der Waals surface area (Å²) in [4.78, 5) is 0. The van der Waals surface area contributed by atoms with Gasteiger partial charge in [-0.25, -0.2) is 0 Å². The van der Waals surface area contributed by atoms with Crippen LogP contribution in [0.1, 0.15) is 163 Å². The molecule has 6 rings (SSSR count). The Balaban J connectivity index is 1.67. The summed E-state index contributed by atoms with van der Waals surface area (Å²) in [5.74, 6) is 4.87. The first kappa shape index (κ1) is 25.3. The van der Waals surface area contributed by atoms with E-state index in [0.717, 1.165) is 29.6 Å². The van der Waals surface area contributed by atoms with Crippen molar-refractivity contribution in [2.75, 3.05) is 0 Å². The molecule has 0 N–H and O–H groups in total. The van der Waals surface area contributed by atoms with Crippen LogP contribution in [-0.4, -0.2) is 0 Å². The monoisotopic (exact) mass is 480 g/mol. The average molecular weight is 481 g/mol. The van der Waals surface area contributed by atoms with Gasteiger partial charge >= 0.3 is 0 Å². The predicted octanol–water partition coefficient (Wildman–Crippen LogP) is 11.0. The zero-order chi connectivity index (χ0) is 24.5. The second-order valence-corrected chi connectivity index (χ2v) is 15.9. The summed E-state index contributed by atoms with van der Waals surface area (Å²) in [5.41, 5.74) is 2.48. The van der Waals surface area contributed by atoms with Crippen molar-refractivity contribution in [2.45, 2.75) is 163 Å². The van der Waals surface area contributed by atoms with Gasteiger partial charge in [-0.15, -0.1) is 0 Å². The van der Waals surface area contributed by atoms with Crippen molar-refractivity contribution in [3.63, 3.8) is 0 Å². The Morgan fingerprint density at radius 3 is 0.486 bits per heavy atom. The van der Waals surface area contributed by atoms with Gasteiger partial charge in [-0.2, -0.15) is 0 Å². The standard InChI is InChI=1S/C35H60/c1-31(26-16-6-7-17-26)32(2,27-18-8-9-19-27)34(4,29-22-12-13-23-29)35(5,30-24-14-15-25-30)33(31,3)28-20-10-11-21-28/h26-30H,6-25H2,1-5H3. The summed E-state index contributed by atoms with van der Waals surface area (Å²) in [6.07, 6.45) is 30.6. The van der Waals surface area contributed by atoms with E-state index in [1.54, 1.807) is 64.2 Å². The van der Waals surface area contributed by atoms with E-state index in [4.69, 9.17) is 0 Å². The molecule has 200 valence electrons. The van der Waals surface area contributed by atoms with E-state index in [1.807, 2.05) is 0 Å². The maximum absolute atomic E-state index is 2.99. The van der Waals surface area contributed by atoms with Gasteiger partial charge in [0.25, 0.3) is 0 Å². The molecule has 0 amide bonds. The van der Waals surface area contributed by atoms with Crippen LogP contribution in [0.3, 0.4) is 0 Å². The highest BCUT2D eigenvalue weighted by Gasteiger charge is 2.84. The summed E-state index contributed by atoms with van der Waals surface area (Å²) in [6.45, 7) is 15.0. The quantitative estimate of drug-likeness (QED) is 0.367. The fourth-order valence-electron chi connectivity index (χ4n) is 14.5. The highest BCUT2D eigenvalue weighted by Crippen LogP contribution is 2.90. The van der Waals surface area contributed by atoms with Crippen LogP contribution in [-0.2, 0) is 0 Å². The summed E-state index contributed by atoms with van der Waals surface area (Å²) in [5, 5.41) is 0. The summed E-state index contributed by atoms with van der Waals surface area (Å²) in [7, 11) is 0. The number of rotatable bonds is 5. The van der Waals surface area contributed by atoms with Crippen LogP contribution in [0.15, 0.2) is 0 Å². The van der Waals surface area contributed by atoms with Crippen LogP contribution in [0.25, 0.3) is 0 Å². The Morgan fingerprint density at radius 2 is 0.371 bits per heavy atom. The van der Waals surface area contributed by atoms with Gasteiger partial charge in [-0.05, 0) is 121 Å². The minimum atomic E-state index is 0.495. The Morgan fingerprint density at radius 1 is 0.257 bits per heavy atom. The van der Waals surface area contributed by atoms with Gasteiger partial charge in [-0.1, -0.05) is 98.8 Å². The maximum Gasteiger partial charge on any atom is -0.0173 e. The molecule has 0 bridgehead atoms. The molecule has 35 heavy (non-hydrogen) atoms. The molecule has 0 aromatic heterocycles. The molecule has 0 aliphatic heterocycles. The van der Waals surface area contributed by atoms with Crippen molar-refractivity contribution >= 4 is 0 Å². The fraction of sp³-hybridized carbons (Fsp3) is 1.00. The second-order valence-electron chi connectivity index (χ2n) is 15.9. The van der Waals surface area contributed by atoms with Crippen molar-refractivity contribution in [3.05, 3.63) is 0 Å². The Kier molecular flexibility index (Phi) is 6.33. The van der Waals surface area contributed by atoms with Crippen LogP contribution in [0.2, 0.25) is 0 Å². The van der Waals surface area contributed by atoms with Gasteiger partial charge in [0, 0.05) is 0 Å². The van der Waals surface area contributed by atoms with E-state index in [2.05, 4.69) is 34.6 Å². The molecular weight excluding hydrogens is 420 g/mol. The lowest BCUT2D eigenvalue weighted by molar-refractivity contribution is -0.140. The van der Waals surface area contributed by atoms with Crippen molar-refractivity contribution < 1.29 is 0 Å². The molecule has 0 unspecified atom stereocenters. The third-order valence-corrected chi connectivity index (χ3v) is 16.3. The van der Waals surface area contributed by atoms with E-state index in [1.165, 1.54) is 64.2 Å². The first-order valence-corrected chi connectivity index (χ1v) is 16.8. The normalized spacial score (nSPS) is 49.3. The molecule has 0 spiro atoms. The molecule has 0 saturated heterocycles. The molecule has 6 aliphatic carbocycles. The van der Waals surface area contributed by atoms with Crippen molar-refractivity contribution in [2.24, 2.45) is 56.7 Å². The van der Waals surface area contributed by atoms with Gasteiger partial charge in [0.05, 0.1) is 0 Å². The number of hydrogen-bond acceptors (Lipinski definition) is 0. The SMILES string of the molecule is CC1(C2CCCC2)C(C)(C2CCCC2)C(C)(C2CCCC2)C(C)(C2CCCC2)C1(C)C1CCCC1. The topological polar surface area (TPSA) is 0 Å². The van der Waals surface area contributed by atoms with Crippen LogP contribution in [0, 0.1) is 56.7 Å². The summed E-state index contributed by atoms with van der Waals surface area (Å²) < 4.78 is 0. The summed E-state index contributed by atoms with van der Waals surface area (Å²) in [6, 6.07) is 0. The van der Waals surface area contributed by atoms with Crippen LogP contribution in [0.4, 0.5) is 0 Å². The van der Waals surface area contributed by atoms with E-state index >= 15 is 0 Å². The van der Waals surface area contributed by atoms with Gasteiger partial charge < -0.3 is 0 Å². The lowest BCUT2D eigenvalue weighted by atomic mass is 9.43. The molecular formula is C35H60. The van der Waals surface area contributed by atoms with Crippen LogP contribution >= 0.6 is 0 Å².